The monoisotopic (exact) mass is 431 g/mol. The molecule has 0 unspecified atom stereocenters. The van der Waals surface area contributed by atoms with Gasteiger partial charge in [0.05, 0.1) is 11.6 Å². The summed E-state index contributed by atoms with van der Waals surface area (Å²) in [5.41, 5.74) is 4.60. The zero-order valence-corrected chi connectivity index (χ0v) is 18.8. The van der Waals surface area contributed by atoms with Gasteiger partial charge in [-0.1, -0.05) is 66.7 Å². The molecule has 4 aromatic carbocycles. The Morgan fingerprint density at radius 3 is 2.27 bits per heavy atom. The van der Waals surface area contributed by atoms with E-state index in [4.69, 9.17) is 0 Å². The maximum Gasteiger partial charge on any atom is 0.0991 e. The van der Waals surface area contributed by atoms with E-state index < -0.39 is 0 Å². The summed E-state index contributed by atoms with van der Waals surface area (Å²) in [5, 5.41) is 15.4. The summed E-state index contributed by atoms with van der Waals surface area (Å²) in [5.74, 6) is 1.19. The number of benzene rings is 4. The molecule has 2 atom stereocenters. The molecule has 1 heterocycles. The molecule has 0 saturated carbocycles. The first kappa shape index (κ1) is 21.2. The third kappa shape index (κ3) is 5.08. The highest BCUT2D eigenvalue weighted by Crippen LogP contribution is 2.27. The fourth-order valence-electron chi connectivity index (χ4n) is 5.01. The van der Waals surface area contributed by atoms with Crippen LogP contribution in [-0.4, -0.2) is 19.6 Å². The Bertz CT molecular complexity index is 1240. The Kier molecular flexibility index (Phi) is 6.37. The molecule has 0 bridgehead atoms. The van der Waals surface area contributed by atoms with Crippen molar-refractivity contribution < 1.29 is 0 Å². The first-order valence-corrected chi connectivity index (χ1v) is 11.8. The molecule has 33 heavy (non-hydrogen) atoms. The Morgan fingerprint density at radius 1 is 0.758 bits per heavy atom. The molecular weight excluding hydrogens is 402 g/mol. The van der Waals surface area contributed by atoms with Crippen LogP contribution in [0.3, 0.4) is 0 Å². The first-order chi connectivity index (χ1) is 16.3. The van der Waals surface area contributed by atoms with Crippen molar-refractivity contribution in [2.75, 3.05) is 24.5 Å². The lowest BCUT2D eigenvalue weighted by Gasteiger charge is -2.30. The molecule has 1 N–H and O–H groups in total. The topological polar surface area (TPSA) is 39.1 Å². The summed E-state index contributed by atoms with van der Waals surface area (Å²) in [6, 6.07) is 36.4. The minimum absolute atomic E-state index is 0.571. The van der Waals surface area contributed by atoms with E-state index in [0.717, 1.165) is 32.6 Å². The van der Waals surface area contributed by atoms with Crippen LogP contribution < -0.4 is 10.2 Å². The summed E-state index contributed by atoms with van der Waals surface area (Å²) in [6.45, 7) is 3.95. The number of anilines is 1. The molecule has 164 valence electrons. The third-order valence-electron chi connectivity index (χ3n) is 6.82. The first-order valence-electron chi connectivity index (χ1n) is 11.8. The molecule has 0 amide bonds. The van der Waals surface area contributed by atoms with Crippen LogP contribution in [0.2, 0.25) is 0 Å². The molecule has 1 aliphatic heterocycles. The molecule has 3 nitrogen and oxygen atoms in total. The molecular formula is C30H29N3. The normalized spacial score (nSPS) is 17.7. The van der Waals surface area contributed by atoms with Gasteiger partial charge >= 0.3 is 0 Å². The fraction of sp³-hybridized carbons (Fsp3) is 0.233. The summed E-state index contributed by atoms with van der Waals surface area (Å²) in [4.78, 5) is 2.49. The van der Waals surface area contributed by atoms with Crippen molar-refractivity contribution in [2.45, 2.75) is 13.0 Å². The van der Waals surface area contributed by atoms with Crippen LogP contribution in [0.4, 0.5) is 5.69 Å². The van der Waals surface area contributed by atoms with Crippen LogP contribution in [0.5, 0.6) is 0 Å². The third-order valence-corrected chi connectivity index (χ3v) is 6.82. The maximum absolute atomic E-state index is 9.24. The number of nitrogens with zero attached hydrogens (tertiary/aromatic N) is 2. The standard InChI is InChI=1S/C30H29N3/c31-18-24-11-14-30(15-12-24)33(21-25-10-13-26-8-4-5-9-27(26)17-25)22-29-20-32-19-28(29)16-23-6-2-1-3-7-23/h1-15,17,28-29,32H,16,19-22H2/t28-,29+/m0/s1. The fourth-order valence-corrected chi connectivity index (χ4v) is 5.01. The lowest BCUT2D eigenvalue weighted by atomic mass is 9.89. The van der Waals surface area contributed by atoms with E-state index in [-0.39, 0.29) is 0 Å². The number of rotatable bonds is 7. The molecule has 0 aromatic heterocycles. The number of hydrogen-bond donors (Lipinski definition) is 1. The van der Waals surface area contributed by atoms with E-state index in [1.165, 1.54) is 27.6 Å². The van der Waals surface area contributed by atoms with Crippen LogP contribution in [0.25, 0.3) is 10.8 Å². The maximum atomic E-state index is 9.24. The van der Waals surface area contributed by atoms with E-state index in [0.29, 0.717) is 17.4 Å². The molecule has 0 spiro atoms. The largest absolute Gasteiger partial charge is 0.367 e. The second kappa shape index (κ2) is 9.90. The molecule has 4 aromatic rings. The lowest BCUT2D eigenvalue weighted by molar-refractivity contribution is 0.413. The quantitative estimate of drug-likeness (QED) is 0.402. The van der Waals surface area contributed by atoms with Crippen molar-refractivity contribution in [3.05, 3.63) is 114 Å². The van der Waals surface area contributed by atoms with Gasteiger partial charge in [-0.3, -0.25) is 0 Å². The summed E-state index contributed by atoms with van der Waals surface area (Å²) in [7, 11) is 0. The van der Waals surface area contributed by atoms with Gasteiger partial charge in [0.2, 0.25) is 0 Å². The van der Waals surface area contributed by atoms with Crippen LogP contribution >= 0.6 is 0 Å². The predicted octanol–water partition coefficient (Wildman–Crippen LogP) is 5.80. The molecule has 1 aliphatic rings. The van der Waals surface area contributed by atoms with Crippen molar-refractivity contribution in [1.82, 2.24) is 5.32 Å². The summed E-state index contributed by atoms with van der Waals surface area (Å²) >= 11 is 0. The van der Waals surface area contributed by atoms with Gasteiger partial charge in [-0.2, -0.15) is 5.26 Å². The van der Waals surface area contributed by atoms with Crippen molar-refractivity contribution >= 4 is 16.5 Å². The second-order valence-corrected chi connectivity index (χ2v) is 9.09. The average Bonchev–Trinajstić information content (AvgIpc) is 3.30. The highest BCUT2D eigenvalue weighted by atomic mass is 15.1. The van der Waals surface area contributed by atoms with E-state index >= 15 is 0 Å². The lowest BCUT2D eigenvalue weighted by Crippen LogP contribution is -2.33. The van der Waals surface area contributed by atoms with Crippen molar-refractivity contribution in [3.8, 4) is 6.07 Å². The molecule has 3 heteroatoms. The molecule has 0 radical (unpaired) electrons. The minimum Gasteiger partial charge on any atom is -0.367 e. The van der Waals surface area contributed by atoms with Gasteiger partial charge in [0.15, 0.2) is 0 Å². The van der Waals surface area contributed by atoms with Gasteiger partial charge < -0.3 is 10.2 Å². The molecule has 5 rings (SSSR count). The second-order valence-electron chi connectivity index (χ2n) is 9.09. The average molecular weight is 432 g/mol. The van der Waals surface area contributed by atoms with Gasteiger partial charge in [-0.05, 0) is 83.6 Å². The molecule has 1 saturated heterocycles. The zero-order valence-electron chi connectivity index (χ0n) is 18.8. The van der Waals surface area contributed by atoms with Gasteiger partial charge in [0.1, 0.15) is 0 Å². The Balaban J connectivity index is 1.39. The van der Waals surface area contributed by atoms with E-state index in [2.05, 4.69) is 101 Å². The number of nitrogens with one attached hydrogen (secondary N) is 1. The van der Waals surface area contributed by atoms with Crippen molar-refractivity contribution in [2.24, 2.45) is 11.8 Å². The van der Waals surface area contributed by atoms with Crippen molar-refractivity contribution in [1.29, 1.82) is 5.26 Å². The van der Waals surface area contributed by atoms with E-state index in [1.54, 1.807) is 0 Å². The Labute approximate surface area is 196 Å². The van der Waals surface area contributed by atoms with Gasteiger partial charge in [-0.15, -0.1) is 0 Å². The van der Waals surface area contributed by atoms with E-state index in [1.807, 2.05) is 12.1 Å². The highest BCUT2D eigenvalue weighted by Gasteiger charge is 2.29. The number of hydrogen-bond acceptors (Lipinski definition) is 3. The van der Waals surface area contributed by atoms with Crippen LogP contribution in [0.15, 0.2) is 97.1 Å². The predicted molar refractivity (Wildman–Crippen MR) is 136 cm³/mol. The van der Waals surface area contributed by atoms with Gasteiger partial charge in [-0.25, -0.2) is 0 Å². The minimum atomic E-state index is 0.571. The number of fused-ring (bicyclic) bond motifs is 1. The van der Waals surface area contributed by atoms with Crippen LogP contribution in [0.1, 0.15) is 16.7 Å². The molecule has 0 aliphatic carbocycles. The smallest absolute Gasteiger partial charge is 0.0991 e. The van der Waals surface area contributed by atoms with Crippen molar-refractivity contribution in [3.63, 3.8) is 0 Å². The Hall–Kier alpha value is -3.61. The summed E-state index contributed by atoms with van der Waals surface area (Å²) in [6.07, 6.45) is 1.11. The number of nitriles is 1. The highest BCUT2D eigenvalue weighted by molar-refractivity contribution is 5.83. The van der Waals surface area contributed by atoms with Gasteiger partial charge in [0, 0.05) is 18.8 Å². The SMILES string of the molecule is N#Cc1ccc(N(Cc2ccc3ccccc3c2)C[C@H]2CNC[C@@H]2Cc2ccccc2)cc1. The Morgan fingerprint density at radius 2 is 1.48 bits per heavy atom. The van der Waals surface area contributed by atoms with Gasteiger partial charge in [0.25, 0.3) is 0 Å². The van der Waals surface area contributed by atoms with Crippen LogP contribution in [-0.2, 0) is 13.0 Å². The van der Waals surface area contributed by atoms with Crippen LogP contribution in [0, 0.1) is 23.2 Å². The zero-order chi connectivity index (χ0) is 22.5. The summed E-state index contributed by atoms with van der Waals surface area (Å²) < 4.78 is 0. The molecule has 1 fully saturated rings. The van der Waals surface area contributed by atoms with E-state index in [9.17, 15) is 5.26 Å².